The van der Waals surface area contributed by atoms with Gasteiger partial charge in [-0.1, -0.05) is 18.2 Å². The highest BCUT2D eigenvalue weighted by Gasteiger charge is 2.37. The summed E-state index contributed by atoms with van der Waals surface area (Å²) in [4.78, 5) is 25.2. The molecule has 1 aliphatic rings. The van der Waals surface area contributed by atoms with Crippen LogP contribution in [0.3, 0.4) is 0 Å². The molecule has 1 heterocycles. The summed E-state index contributed by atoms with van der Waals surface area (Å²) in [5.41, 5.74) is 2.26. The van der Waals surface area contributed by atoms with Crippen LogP contribution < -0.4 is 23.7 Å². The molecule has 0 N–H and O–H groups in total. The van der Waals surface area contributed by atoms with Crippen LogP contribution in [-0.2, 0) is 22.4 Å². The first-order chi connectivity index (χ1) is 17.9. The van der Waals surface area contributed by atoms with Crippen LogP contribution in [0, 0.1) is 11.8 Å². The molecule has 2 atom stereocenters. The Labute approximate surface area is 216 Å². The minimum Gasteiger partial charge on any atom is -0.497 e. The SMILES string of the molecule is COc1cccc(C(=O)Oc2ccc(C[C@H]3C(=O)OC[C@@H]3Cc3ccc(OC)c(OC)c3)cc2OC)c1. The molecule has 194 valence electrons. The van der Waals surface area contributed by atoms with Crippen molar-refractivity contribution >= 4 is 11.9 Å². The van der Waals surface area contributed by atoms with E-state index in [4.69, 9.17) is 28.4 Å². The third kappa shape index (κ3) is 5.97. The summed E-state index contributed by atoms with van der Waals surface area (Å²) in [7, 11) is 6.23. The third-order valence-corrected chi connectivity index (χ3v) is 6.45. The van der Waals surface area contributed by atoms with E-state index in [0.29, 0.717) is 48.0 Å². The molecule has 8 nitrogen and oxygen atoms in total. The van der Waals surface area contributed by atoms with Crippen molar-refractivity contribution in [1.82, 2.24) is 0 Å². The maximum absolute atomic E-state index is 12.6. The molecule has 3 aromatic rings. The van der Waals surface area contributed by atoms with Crippen LogP contribution >= 0.6 is 0 Å². The number of carbonyl (C=O) groups excluding carboxylic acids is 2. The smallest absolute Gasteiger partial charge is 0.343 e. The molecule has 0 aromatic heterocycles. The van der Waals surface area contributed by atoms with E-state index in [9.17, 15) is 9.59 Å². The van der Waals surface area contributed by atoms with E-state index in [-0.39, 0.29) is 23.6 Å². The van der Waals surface area contributed by atoms with Crippen molar-refractivity contribution in [3.63, 3.8) is 0 Å². The van der Waals surface area contributed by atoms with Crippen LogP contribution in [-0.4, -0.2) is 47.0 Å². The van der Waals surface area contributed by atoms with Crippen LogP contribution in [0.5, 0.6) is 28.7 Å². The Morgan fingerprint density at radius 1 is 0.784 bits per heavy atom. The number of cyclic esters (lactones) is 1. The van der Waals surface area contributed by atoms with Gasteiger partial charge in [-0.05, 0) is 66.4 Å². The number of hydrogen-bond donors (Lipinski definition) is 0. The Hall–Kier alpha value is -4.20. The molecule has 0 amide bonds. The van der Waals surface area contributed by atoms with E-state index < -0.39 is 5.97 Å². The Morgan fingerprint density at radius 3 is 2.11 bits per heavy atom. The second kappa shape index (κ2) is 11.7. The lowest BCUT2D eigenvalue weighted by Gasteiger charge is -2.17. The maximum atomic E-state index is 12.6. The van der Waals surface area contributed by atoms with E-state index in [1.165, 1.54) is 14.2 Å². The van der Waals surface area contributed by atoms with Crippen molar-refractivity contribution in [2.45, 2.75) is 12.8 Å². The van der Waals surface area contributed by atoms with Crippen LogP contribution in [0.1, 0.15) is 21.5 Å². The largest absolute Gasteiger partial charge is 0.497 e. The minimum atomic E-state index is -0.528. The number of hydrogen-bond acceptors (Lipinski definition) is 8. The Balaban J connectivity index is 1.47. The number of ether oxygens (including phenoxy) is 6. The first-order valence-corrected chi connectivity index (χ1v) is 11.9. The van der Waals surface area contributed by atoms with E-state index in [1.807, 2.05) is 24.3 Å². The van der Waals surface area contributed by atoms with Gasteiger partial charge in [0.25, 0.3) is 0 Å². The number of benzene rings is 3. The second-order valence-corrected chi connectivity index (χ2v) is 8.70. The molecule has 8 heteroatoms. The maximum Gasteiger partial charge on any atom is 0.343 e. The van der Waals surface area contributed by atoms with Gasteiger partial charge < -0.3 is 28.4 Å². The van der Waals surface area contributed by atoms with Gasteiger partial charge in [-0.25, -0.2) is 4.79 Å². The third-order valence-electron chi connectivity index (χ3n) is 6.45. The molecule has 0 aliphatic carbocycles. The van der Waals surface area contributed by atoms with Gasteiger partial charge in [0.15, 0.2) is 23.0 Å². The van der Waals surface area contributed by atoms with Gasteiger partial charge in [0, 0.05) is 5.92 Å². The first-order valence-electron chi connectivity index (χ1n) is 11.9. The molecule has 0 radical (unpaired) electrons. The van der Waals surface area contributed by atoms with E-state index in [0.717, 1.165) is 11.1 Å². The molecular formula is C29H30O8. The van der Waals surface area contributed by atoms with Crippen LogP contribution in [0.15, 0.2) is 60.7 Å². The predicted octanol–water partition coefficient (Wildman–Crippen LogP) is 4.51. The van der Waals surface area contributed by atoms with Gasteiger partial charge >= 0.3 is 11.9 Å². The van der Waals surface area contributed by atoms with Crippen molar-refractivity contribution in [3.05, 3.63) is 77.4 Å². The fourth-order valence-corrected chi connectivity index (χ4v) is 4.45. The predicted molar refractivity (Wildman–Crippen MR) is 136 cm³/mol. The van der Waals surface area contributed by atoms with Gasteiger partial charge in [0.1, 0.15) is 5.75 Å². The van der Waals surface area contributed by atoms with Crippen LogP contribution in [0.4, 0.5) is 0 Å². The fourth-order valence-electron chi connectivity index (χ4n) is 4.45. The number of methoxy groups -OCH3 is 4. The molecule has 0 bridgehead atoms. The summed E-state index contributed by atoms with van der Waals surface area (Å²) in [5.74, 6) is 1.48. The Morgan fingerprint density at radius 2 is 1.43 bits per heavy atom. The summed E-state index contributed by atoms with van der Waals surface area (Å²) >= 11 is 0. The van der Waals surface area contributed by atoms with Crippen molar-refractivity contribution in [1.29, 1.82) is 0 Å². The summed E-state index contributed by atoms with van der Waals surface area (Å²) in [6.07, 6.45) is 1.13. The lowest BCUT2D eigenvalue weighted by molar-refractivity contribution is -0.141. The molecule has 1 saturated heterocycles. The monoisotopic (exact) mass is 506 g/mol. The van der Waals surface area contributed by atoms with Gasteiger partial charge in [-0.3, -0.25) is 4.79 Å². The quantitative estimate of drug-likeness (QED) is 0.293. The topological polar surface area (TPSA) is 89.5 Å². The lowest BCUT2D eigenvalue weighted by Crippen LogP contribution is -2.20. The molecule has 1 aliphatic heterocycles. The first kappa shape index (κ1) is 25.9. The molecule has 0 saturated carbocycles. The van der Waals surface area contributed by atoms with Crippen LogP contribution in [0.25, 0.3) is 0 Å². The van der Waals surface area contributed by atoms with E-state index >= 15 is 0 Å². The molecular weight excluding hydrogens is 476 g/mol. The zero-order valence-electron chi connectivity index (χ0n) is 21.3. The standard InChI is InChI=1S/C29H30O8/c1-32-22-7-5-6-20(16-22)28(30)37-25-11-9-19(15-27(25)35-4)13-23-21(17-36-29(23)31)12-18-8-10-24(33-2)26(14-18)34-3/h5-11,14-16,21,23H,12-13,17H2,1-4H3/t21-,23+/m0/s1. The van der Waals surface area contributed by atoms with Crippen molar-refractivity contribution in [3.8, 4) is 28.7 Å². The molecule has 3 aromatic carbocycles. The second-order valence-electron chi connectivity index (χ2n) is 8.70. The van der Waals surface area contributed by atoms with Gasteiger partial charge in [0.2, 0.25) is 0 Å². The summed E-state index contributed by atoms with van der Waals surface area (Å²) in [5, 5.41) is 0. The molecule has 0 spiro atoms. The summed E-state index contributed by atoms with van der Waals surface area (Å²) < 4.78 is 32.4. The summed E-state index contributed by atoms with van der Waals surface area (Å²) in [6.45, 7) is 0.352. The van der Waals surface area contributed by atoms with Crippen molar-refractivity contribution in [2.75, 3.05) is 35.0 Å². The number of carbonyl (C=O) groups is 2. The Kier molecular flexibility index (Phi) is 8.18. The zero-order valence-corrected chi connectivity index (χ0v) is 21.3. The number of esters is 2. The Bertz CT molecular complexity index is 1270. The number of rotatable bonds is 10. The van der Waals surface area contributed by atoms with Gasteiger partial charge in [-0.15, -0.1) is 0 Å². The van der Waals surface area contributed by atoms with Gasteiger partial charge in [0.05, 0.1) is 46.5 Å². The normalized spacial score (nSPS) is 16.6. The van der Waals surface area contributed by atoms with Gasteiger partial charge in [-0.2, -0.15) is 0 Å². The highest BCUT2D eigenvalue weighted by Crippen LogP contribution is 2.35. The van der Waals surface area contributed by atoms with Crippen molar-refractivity contribution in [2.24, 2.45) is 11.8 Å². The zero-order chi connectivity index (χ0) is 26.4. The van der Waals surface area contributed by atoms with Crippen molar-refractivity contribution < 1.29 is 38.0 Å². The molecule has 0 unspecified atom stereocenters. The molecule has 1 fully saturated rings. The highest BCUT2D eigenvalue weighted by atomic mass is 16.6. The fraction of sp³-hybridized carbons (Fsp3) is 0.310. The molecule has 4 rings (SSSR count). The average molecular weight is 507 g/mol. The van der Waals surface area contributed by atoms with E-state index in [2.05, 4.69) is 0 Å². The highest BCUT2D eigenvalue weighted by molar-refractivity contribution is 5.91. The average Bonchev–Trinajstić information content (AvgIpc) is 3.27. The summed E-state index contributed by atoms with van der Waals surface area (Å²) in [6, 6.07) is 17.8. The van der Waals surface area contributed by atoms with E-state index in [1.54, 1.807) is 50.6 Å². The van der Waals surface area contributed by atoms with Crippen LogP contribution in [0.2, 0.25) is 0 Å². The molecule has 37 heavy (non-hydrogen) atoms. The minimum absolute atomic E-state index is 0.00200. The lowest BCUT2D eigenvalue weighted by atomic mass is 9.85.